The van der Waals surface area contributed by atoms with Gasteiger partial charge in [-0.3, -0.25) is 4.79 Å². The fourth-order valence-corrected chi connectivity index (χ4v) is 3.63. The van der Waals surface area contributed by atoms with Gasteiger partial charge >= 0.3 is 0 Å². The van der Waals surface area contributed by atoms with Gasteiger partial charge in [-0.2, -0.15) is 0 Å². The van der Waals surface area contributed by atoms with Gasteiger partial charge in [0.05, 0.1) is 17.0 Å². The van der Waals surface area contributed by atoms with Crippen molar-refractivity contribution in [3.63, 3.8) is 0 Å². The largest absolute Gasteiger partial charge is 0.352 e. The summed E-state index contributed by atoms with van der Waals surface area (Å²) in [6.45, 7) is 4.29. The molecule has 3 aromatic rings. The number of hydrogen-bond donors (Lipinski definition) is 2. The van der Waals surface area contributed by atoms with E-state index < -0.39 is 0 Å². The van der Waals surface area contributed by atoms with Crippen molar-refractivity contribution in [2.45, 2.75) is 26.3 Å². The Morgan fingerprint density at radius 2 is 2.15 bits per heavy atom. The molecule has 2 aromatic carbocycles. The lowest BCUT2D eigenvalue weighted by atomic mass is 9.97. The minimum atomic E-state index is 0.00164. The van der Waals surface area contributed by atoms with Crippen LogP contribution in [0.3, 0.4) is 0 Å². The van der Waals surface area contributed by atoms with Crippen molar-refractivity contribution in [3.05, 3.63) is 59.7 Å². The molecule has 1 aromatic heterocycles. The van der Waals surface area contributed by atoms with E-state index >= 15 is 0 Å². The highest BCUT2D eigenvalue weighted by molar-refractivity contribution is 5.80. The third-order valence-electron chi connectivity index (χ3n) is 5.02. The number of aryl methyl sites for hydroxylation is 1. The van der Waals surface area contributed by atoms with Crippen molar-refractivity contribution in [3.8, 4) is 0 Å². The third kappa shape index (κ3) is 3.57. The molecule has 5 heteroatoms. The number of carbonyl (C=O) groups excluding carboxylic acids is 1. The smallest absolute Gasteiger partial charge is 0.225 e. The van der Waals surface area contributed by atoms with Crippen molar-refractivity contribution in [1.82, 2.24) is 15.3 Å². The molecule has 5 nitrogen and oxygen atoms in total. The number of hydrogen-bond acceptors (Lipinski definition) is 3. The first-order valence-corrected chi connectivity index (χ1v) is 9.22. The number of fused-ring (bicyclic) bond motifs is 1. The van der Waals surface area contributed by atoms with Gasteiger partial charge in [-0.25, -0.2) is 4.98 Å². The van der Waals surface area contributed by atoms with Crippen LogP contribution in [-0.4, -0.2) is 29.0 Å². The molecule has 1 saturated heterocycles. The average Bonchev–Trinajstić information content (AvgIpc) is 3.10. The Morgan fingerprint density at radius 1 is 1.27 bits per heavy atom. The van der Waals surface area contributed by atoms with Crippen LogP contribution < -0.4 is 10.2 Å². The Balaban J connectivity index is 1.40. The highest BCUT2D eigenvalue weighted by Crippen LogP contribution is 2.23. The number of piperidine rings is 1. The quantitative estimate of drug-likeness (QED) is 0.760. The zero-order chi connectivity index (χ0) is 17.9. The third-order valence-corrected chi connectivity index (χ3v) is 5.02. The van der Waals surface area contributed by atoms with E-state index in [2.05, 4.69) is 45.3 Å². The number of amides is 1. The second kappa shape index (κ2) is 7.20. The van der Waals surface area contributed by atoms with Gasteiger partial charge in [0.15, 0.2) is 0 Å². The maximum atomic E-state index is 12.6. The Kier molecular flexibility index (Phi) is 4.61. The number of aromatic nitrogens is 2. The summed E-state index contributed by atoms with van der Waals surface area (Å²) < 4.78 is 0. The molecule has 1 aliphatic heterocycles. The molecule has 1 fully saturated rings. The van der Waals surface area contributed by atoms with Crippen molar-refractivity contribution in [1.29, 1.82) is 0 Å². The van der Waals surface area contributed by atoms with E-state index in [-0.39, 0.29) is 11.8 Å². The van der Waals surface area contributed by atoms with E-state index in [4.69, 9.17) is 0 Å². The van der Waals surface area contributed by atoms with E-state index in [0.717, 1.165) is 41.9 Å². The van der Waals surface area contributed by atoms with E-state index in [9.17, 15) is 4.79 Å². The Labute approximate surface area is 153 Å². The molecule has 0 radical (unpaired) electrons. The lowest BCUT2D eigenvalue weighted by molar-refractivity contribution is -0.125. The lowest BCUT2D eigenvalue weighted by Gasteiger charge is -2.31. The van der Waals surface area contributed by atoms with Crippen LogP contribution in [0.25, 0.3) is 11.0 Å². The number of H-pyrrole nitrogens is 1. The predicted molar refractivity (Wildman–Crippen MR) is 104 cm³/mol. The molecule has 1 amide bonds. The molecule has 0 bridgehead atoms. The van der Waals surface area contributed by atoms with E-state index in [1.54, 1.807) is 0 Å². The van der Waals surface area contributed by atoms with Gasteiger partial charge in [-0.05, 0) is 37.5 Å². The summed E-state index contributed by atoms with van der Waals surface area (Å²) in [5.41, 5.74) is 4.36. The van der Waals surface area contributed by atoms with Crippen LogP contribution >= 0.6 is 0 Å². The summed E-state index contributed by atoms with van der Waals surface area (Å²) in [6, 6.07) is 16.3. The van der Waals surface area contributed by atoms with Gasteiger partial charge in [-0.1, -0.05) is 42.0 Å². The van der Waals surface area contributed by atoms with Crippen LogP contribution in [-0.2, 0) is 11.3 Å². The highest BCUT2D eigenvalue weighted by atomic mass is 16.1. The van der Waals surface area contributed by atoms with Gasteiger partial charge in [0.25, 0.3) is 0 Å². The van der Waals surface area contributed by atoms with Gasteiger partial charge in [0, 0.05) is 19.6 Å². The van der Waals surface area contributed by atoms with Crippen LogP contribution in [0.1, 0.15) is 24.0 Å². The van der Waals surface area contributed by atoms with Crippen molar-refractivity contribution in [2.75, 3.05) is 18.0 Å². The van der Waals surface area contributed by atoms with Gasteiger partial charge in [0.2, 0.25) is 11.9 Å². The molecular weight excluding hydrogens is 324 g/mol. The maximum absolute atomic E-state index is 12.6. The van der Waals surface area contributed by atoms with Crippen LogP contribution in [0.15, 0.2) is 48.5 Å². The standard InChI is InChI=1S/C21H24N4O/c1-15-6-4-7-16(12-15)13-22-20(26)17-8-5-11-25(14-17)21-23-18-9-2-3-10-19(18)24-21/h2-4,6-7,9-10,12,17H,5,8,11,13-14H2,1H3,(H,22,26)(H,23,24)/t17-/m0/s1. The summed E-state index contributed by atoms with van der Waals surface area (Å²) in [5, 5.41) is 3.10. The molecular formula is C21H24N4O. The topological polar surface area (TPSA) is 61.0 Å². The summed E-state index contributed by atoms with van der Waals surface area (Å²) in [5.74, 6) is 0.997. The summed E-state index contributed by atoms with van der Waals surface area (Å²) in [6.07, 6.45) is 1.93. The predicted octanol–water partition coefficient (Wildman–Crippen LogP) is 3.40. The average molecular weight is 348 g/mol. The minimum Gasteiger partial charge on any atom is -0.352 e. The zero-order valence-corrected chi connectivity index (χ0v) is 15.0. The van der Waals surface area contributed by atoms with Crippen molar-refractivity contribution in [2.24, 2.45) is 5.92 Å². The molecule has 0 unspecified atom stereocenters. The van der Waals surface area contributed by atoms with Crippen molar-refractivity contribution >= 4 is 22.9 Å². The molecule has 134 valence electrons. The maximum Gasteiger partial charge on any atom is 0.225 e. The minimum absolute atomic E-state index is 0.00164. The van der Waals surface area contributed by atoms with Gasteiger partial charge in [0.1, 0.15) is 0 Å². The van der Waals surface area contributed by atoms with Crippen LogP contribution in [0.5, 0.6) is 0 Å². The first kappa shape index (κ1) is 16.6. The molecule has 0 spiro atoms. The number of benzene rings is 2. The second-order valence-corrected chi connectivity index (χ2v) is 7.07. The Bertz CT molecular complexity index is 884. The van der Waals surface area contributed by atoms with Gasteiger partial charge < -0.3 is 15.2 Å². The fraction of sp³-hybridized carbons (Fsp3) is 0.333. The Hall–Kier alpha value is -2.82. The number of imidazole rings is 1. The first-order chi connectivity index (χ1) is 12.7. The Morgan fingerprint density at radius 3 is 3.00 bits per heavy atom. The number of para-hydroxylation sites is 2. The molecule has 2 N–H and O–H groups in total. The molecule has 4 rings (SSSR count). The number of rotatable bonds is 4. The lowest BCUT2D eigenvalue weighted by Crippen LogP contribution is -2.43. The van der Waals surface area contributed by atoms with Crippen LogP contribution in [0, 0.1) is 12.8 Å². The molecule has 1 atom stereocenters. The monoisotopic (exact) mass is 348 g/mol. The molecule has 0 aliphatic carbocycles. The first-order valence-electron chi connectivity index (χ1n) is 9.22. The highest BCUT2D eigenvalue weighted by Gasteiger charge is 2.27. The van der Waals surface area contributed by atoms with Crippen molar-refractivity contribution < 1.29 is 4.79 Å². The number of carbonyl (C=O) groups is 1. The molecule has 0 saturated carbocycles. The van der Waals surface area contributed by atoms with Crippen LogP contribution in [0.4, 0.5) is 5.95 Å². The number of anilines is 1. The van der Waals surface area contributed by atoms with Crippen LogP contribution in [0.2, 0.25) is 0 Å². The van der Waals surface area contributed by atoms with E-state index in [1.807, 2.05) is 30.3 Å². The summed E-state index contributed by atoms with van der Waals surface area (Å²) in [4.78, 5) is 22.9. The summed E-state index contributed by atoms with van der Waals surface area (Å²) >= 11 is 0. The zero-order valence-electron chi connectivity index (χ0n) is 15.0. The second-order valence-electron chi connectivity index (χ2n) is 7.07. The molecule has 2 heterocycles. The number of aromatic amines is 1. The van der Waals surface area contributed by atoms with Gasteiger partial charge in [-0.15, -0.1) is 0 Å². The molecule has 26 heavy (non-hydrogen) atoms. The SMILES string of the molecule is Cc1cccc(CNC(=O)[C@H]2CCCN(c3nc4ccccc4[nH]3)C2)c1. The molecule has 1 aliphatic rings. The number of nitrogens with one attached hydrogen (secondary N) is 2. The summed E-state index contributed by atoms with van der Waals surface area (Å²) in [7, 11) is 0. The fourth-order valence-electron chi connectivity index (χ4n) is 3.63. The van der Waals surface area contributed by atoms with E-state index in [1.165, 1.54) is 5.56 Å². The number of nitrogens with zero attached hydrogens (tertiary/aromatic N) is 2. The van der Waals surface area contributed by atoms with E-state index in [0.29, 0.717) is 13.1 Å². The normalized spacial score (nSPS) is 17.4.